The van der Waals surface area contributed by atoms with Gasteiger partial charge in [0.1, 0.15) is 5.82 Å². The van der Waals surface area contributed by atoms with E-state index in [1.54, 1.807) is 0 Å². The second-order valence-corrected chi connectivity index (χ2v) is 6.83. The molecule has 0 bridgehead atoms. The number of rotatable bonds is 4. The Labute approximate surface area is 131 Å². The highest BCUT2D eigenvalue weighted by atomic mass is 16.3. The highest BCUT2D eigenvalue weighted by Gasteiger charge is 2.40. The summed E-state index contributed by atoms with van der Waals surface area (Å²) in [4.78, 5) is 23.9. The van der Waals surface area contributed by atoms with Crippen molar-refractivity contribution in [3.63, 3.8) is 0 Å². The van der Waals surface area contributed by atoms with Crippen molar-refractivity contribution in [2.24, 2.45) is 5.41 Å². The van der Waals surface area contributed by atoms with Crippen LogP contribution in [0.3, 0.4) is 0 Å². The number of imidazole rings is 1. The predicted molar refractivity (Wildman–Crippen MR) is 83.2 cm³/mol. The Kier molecular flexibility index (Phi) is 4.49. The summed E-state index contributed by atoms with van der Waals surface area (Å²) in [5.74, 6) is 1.24. The lowest BCUT2D eigenvalue weighted by Gasteiger charge is -2.47. The van der Waals surface area contributed by atoms with Gasteiger partial charge in [0.2, 0.25) is 5.91 Å². The number of nitrogens with one attached hydrogen (secondary N) is 1. The van der Waals surface area contributed by atoms with Crippen LogP contribution in [0.25, 0.3) is 0 Å². The first-order valence-electron chi connectivity index (χ1n) is 8.22. The van der Waals surface area contributed by atoms with Gasteiger partial charge in [-0.15, -0.1) is 0 Å². The van der Waals surface area contributed by atoms with E-state index >= 15 is 0 Å². The molecule has 2 saturated heterocycles. The molecule has 2 fully saturated rings. The van der Waals surface area contributed by atoms with E-state index in [1.165, 1.54) is 0 Å². The van der Waals surface area contributed by atoms with Crippen LogP contribution in [0.4, 0.5) is 0 Å². The molecule has 6 nitrogen and oxygen atoms in total. The van der Waals surface area contributed by atoms with Gasteiger partial charge in [-0.25, -0.2) is 4.98 Å². The van der Waals surface area contributed by atoms with Crippen molar-refractivity contribution in [1.29, 1.82) is 0 Å². The van der Waals surface area contributed by atoms with Gasteiger partial charge >= 0.3 is 0 Å². The molecule has 0 aliphatic carbocycles. The zero-order valence-corrected chi connectivity index (χ0v) is 13.3. The molecule has 22 heavy (non-hydrogen) atoms. The van der Waals surface area contributed by atoms with Gasteiger partial charge in [-0.1, -0.05) is 0 Å². The molecular weight excluding hydrogens is 280 g/mol. The lowest BCUT2D eigenvalue weighted by Crippen LogP contribution is -2.51. The number of hydrogen-bond donors (Lipinski definition) is 2. The number of aromatic nitrogens is 2. The molecule has 0 atom stereocenters. The number of aliphatic hydroxyl groups excluding tert-OH is 1. The molecule has 2 aliphatic rings. The molecule has 3 rings (SSSR count). The van der Waals surface area contributed by atoms with E-state index < -0.39 is 0 Å². The highest BCUT2D eigenvalue weighted by molar-refractivity contribution is 5.77. The molecule has 1 spiro atoms. The van der Waals surface area contributed by atoms with Gasteiger partial charge in [0.25, 0.3) is 0 Å². The number of amides is 1. The number of hydrogen-bond acceptors (Lipinski definition) is 4. The minimum Gasteiger partial charge on any atom is -0.395 e. The average Bonchev–Trinajstić information content (AvgIpc) is 2.91. The number of likely N-dealkylation sites (tertiary alicyclic amines) is 2. The van der Waals surface area contributed by atoms with E-state index in [1.807, 2.05) is 18.0 Å². The van der Waals surface area contributed by atoms with Crippen molar-refractivity contribution in [1.82, 2.24) is 19.8 Å². The van der Waals surface area contributed by atoms with E-state index in [9.17, 15) is 4.79 Å². The first kappa shape index (κ1) is 15.5. The minimum absolute atomic E-state index is 0.0613. The molecule has 0 saturated carbocycles. The van der Waals surface area contributed by atoms with E-state index in [2.05, 4.69) is 14.9 Å². The Morgan fingerprint density at radius 2 is 2.14 bits per heavy atom. The van der Waals surface area contributed by atoms with E-state index in [0.717, 1.165) is 57.0 Å². The monoisotopic (exact) mass is 306 g/mol. The maximum atomic E-state index is 11.9. The molecule has 6 heteroatoms. The summed E-state index contributed by atoms with van der Waals surface area (Å²) in [6.07, 6.45) is 5.77. The molecule has 0 radical (unpaired) electrons. The third-order valence-corrected chi connectivity index (χ3v) is 5.16. The van der Waals surface area contributed by atoms with Crippen LogP contribution in [0.5, 0.6) is 0 Å². The first-order chi connectivity index (χ1) is 10.6. The van der Waals surface area contributed by atoms with Crippen molar-refractivity contribution in [3.05, 3.63) is 17.7 Å². The van der Waals surface area contributed by atoms with Crippen LogP contribution in [0.15, 0.2) is 6.20 Å². The minimum atomic E-state index is 0.0613. The average molecular weight is 306 g/mol. The van der Waals surface area contributed by atoms with Gasteiger partial charge in [0, 0.05) is 31.4 Å². The van der Waals surface area contributed by atoms with Crippen LogP contribution < -0.4 is 0 Å². The summed E-state index contributed by atoms with van der Waals surface area (Å²) in [7, 11) is 0. The second-order valence-electron chi connectivity index (χ2n) is 6.83. The van der Waals surface area contributed by atoms with Gasteiger partial charge in [0.15, 0.2) is 0 Å². The van der Waals surface area contributed by atoms with Crippen LogP contribution in [-0.4, -0.2) is 63.6 Å². The lowest BCUT2D eigenvalue weighted by atomic mass is 9.72. The van der Waals surface area contributed by atoms with Crippen LogP contribution in [0.1, 0.15) is 37.2 Å². The van der Waals surface area contributed by atoms with E-state index in [0.29, 0.717) is 13.0 Å². The van der Waals surface area contributed by atoms with Crippen LogP contribution in [-0.2, 0) is 11.3 Å². The maximum Gasteiger partial charge on any atom is 0.222 e. The smallest absolute Gasteiger partial charge is 0.222 e. The van der Waals surface area contributed by atoms with E-state index in [4.69, 9.17) is 5.11 Å². The number of aromatic amines is 1. The summed E-state index contributed by atoms with van der Waals surface area (Å²) in [6.45, 7) is 6.38. The molecule has 122 valence electrons. The highest BCUT2D eigenvalue weighted by Crippen LogP contribution is 2.40. The number of carbonyl (C=O) groups is 1. The van der Waals surface area contributed by atoms with E-state index in [-0.39, 0.29) is 17.9 Å². The van der Waals surface area contributed by atoms with Gasteiger partial charge in [-0.3, -0.25) is 9.69 Å². The Morgan fingerprint density at radius 1 is 1.36 bits per heavy atom. The Balaban J connectivity index is 1.55. The molecule has 0 aromatic carbocycles. The number of piperidine rings is 2. The molecular formula is C16H26N4O2. The zero-order valence-electron chi connectivity index (χ0n) is 13.3. The summed E-state index contributed by atoms with van der Waals surface area (Å²) >= 11 is 0. The molecule has 1 amide bonds. The van der Waals surface area contributed by atoms with Gasteiger partial charge in [0.05, 0.1) is 13.2 Å². The van der Waals surface area contributed by atoms with Crippen LogP contribution >= 0.6 is 0 Å². The van der Waals surface area contributed by atoms with Crippen molar-refractivity contribution in [3.8, 4) is 0 Å². The maximum absolute atomic E-state index is 11.9. The van der Waals surface area contributed by atoms with Crippen molar-refractivity contribution < 1.29 is 9.90 Å². The van der Waals surface area contributed by atoms with Crippen LogP contribution in [0, 0.1) is 12.3 Å². The van der Waals surface area contributed by atoms with Gasteiger partial charge < -0.3 is 15.0 Å². The SMILES string of the molecule is Cc1cnc(CN2CCC3(CCC(=O)N(CCO)C3)CC2)[nH]1. The molecule has 1 aromatic heterocycles. The first-order valence-corrected chi connectivity index (χ1v) is 8.22. The van der Waals surface area contributed by atoms with Crippen LogP contribution in [0.2, 0.25) is 0 Å². The molecule has 1 aromatic rings. The Bertz CT molecular complexity index is 520. The standard InChI is InChI=1S/C16H26N4O2/c1-13-10-17-14(18-13)11-19-6-4-16(5-7-19)3-2-15(22)20(12-16)8-9-21/h10,21H,2-9,11-12H2,1H3,(H,17,18). The van der Waals surface area contributed by atoms with Crippen molar-refractivity contribution in [2.45, 2.75) is 39.2 Å². The summed E-state index contributed by atoms with van der Waals surface area (Å²) in [5, 5.41) is 9.12. The third-order valence-electron chi connectivity index (χ3n) is 5.16. The van der Waals surface area contributed by atoms with Crippen molar-refractivity contribution >= 4 is 5.91 Å². The lowest BCUT2D eigenvalue weighted by molar-refractivity contribution is -0.139. The van der Waals surface area contributed by atoms with Gasteiger partial charge in [-0.2, -0.15) is 0 Å². The molecule has 3 heterocycles. The topological polar surface area (TPSA) is 72.5 Å². The Hall–Kier alpha value is -1.40. The summed E-state index contributed by atoms with van der Waals surface area (Å²) in [5.41, 5.74) is 1.37. The fraction of sp³-hybridized carbons (Fsp3) is 0.750. The largest absolute Gasteiger partial charge is 0.395 e. The second kappa shape index (κ2) is 6.38. The molecule has 2 N–H and O–H groups in total. The fourth-order valence-corrected chi connectivity index (χ4v) is 3.78. The number of aryl methyl sites for hydroxylation is 1. The Morgan fingerprint density at radius 3 is 2.77 bits per heavy atom. The summed E-state index contributed by atoms with van der Waals surface area (Å²) in [6, 6.07) is 0. The number of aliphatic hydroxyl groups is 1. The number of carbonyl (C=O) groups excluding carboxylic acids is 1. The normalized spacial score (nSPS) is 22.5. The quantitative estimate of drug-likeness (QED) is 0.867. The van der Waals surface area contributed by atoms with Crippen molar-refractivity contribution in [2.75, 3.05) is 32.8 Å². The summed E-state index contributed by atoms with van der Waals surface area (Å²) < 4.78 is 0. The number of H-pyrrole nitrogens is 1. The molecule has 2 aliphatic heterocycles. The fourth-order valence-electron chi connectivity index (χ4n) is 3.78. The molecule has 0 unspecified atom stereocenters. The predicted octanol–water partition coefficient (Wildman–Crippen LogP) is 0.915. The van der Waals surface area contributed by atoms with Gasteiger partial charge in [-0.05, 0) is 44.7 Å². The zero-order chi connectivity index (χ0) is 15.6. The number of β-amino-alcohol motifs (C(OH)–C–C–N with tert-alkyl or cyclic N) is 1. The number of nitrogens with zero attached hydrogens (tertiary/aromatic N) is 3. The third kappa shape index (κ3) is 3.33.